The lowest BCUT2D eigenvalue weighted by molar-refractivity contribution is -0.139. The van der Waals surface area contributed by atoms with Crippen LogP contribution in [0.25, 0.3) is 22.0 Å². The van der Waals surface area contributed by atoms with Gasteiger partial charge in [-0.3, -0.25) is 9.59 Å². The fourth-order valence-electron chi connectivity index (χ4n) is 4.34. The summed E-state index contributed by atoms with van der Waals surface area (Å²) >= 11 is 0. The van der Waals surface area contributed by atoms with Crippen LogP contribution in [0.5, 0.6) is 0 Å². The minimum atomic E-state index is -0.267. The number of aldehydes is 1. The molecule has 4 rings (SSSR count). The smallest absolute Gasteiger partial charge is 0.310 e. The molecule has 0 atom stereocenters. The van der Waals surface area contributed by atoms with Gasteiger partial charge in [-0.15, -0.1) is 0 Å². The van der Waals surface area contributed by atoms with Crippen LogP contribution in [-0.2, 0) is 22.5 Å². The Morgan fingerprint density at radius 2 is 1.89 bits per heavy atom. The highest BCUT2D eigenvalue weighted by Gasteiger charge is 2.28. The number of aromatic nitrogens is 1. The van der Waals surface area contributed by atoms with E-state index in [4.69, 9.17) is 4.74 Å². The van der Waals surface area contributed by atoms with Crippen molar-refractivity contribution < 1.29 is 14.3 Å². The monoisotopic (exact) mass is 376 g/mol. The van der Waals surface area contributed by atoms with E-state index in [1.54, 1.807) is 0 Å². The second kappa shape index (κ2) is 6.82. The first-order valence-corrected chi connectivity index (χ1v) is 9.45. The normalized spacial score (nSPS) is 13.1. The molecule has 28 heavy (non-hydrogen) atoms. The van der Waals surface area contributed by atoms with Crippen LogP contribution in [0, 0.1) is 13.8 Å². The summed E-state index contributed by atoms with van der Waals surface area (Å²) in [4.78, 5) is 26.2. The van der Waals surface area contributed by atoms with E-state index in [0.717, 1.165) is 58.2 Å². The number of carbonyl (C=O) groups excluding carboxylic acids is 2. The molecule has 0 saturated carbocycles. The highest BCUT2D eigenvalue weighted by Crippen LogP contribution is 2.44. The summed E-state index contributed by atoms with van der Waals surface area (Å²) in [5.74, 6) is -0.267. The highest BCUT2D eigenvalue weighted by atomic mass is 16.5. The van der Waals surface area contributed by atoms with E-state index >= 15 is 0 Å². The van der Waals surface area contributed by atoms with Gasteiger partial charge in [0.25, 0.3) is 0 Å². The number of aryl methyl sites for hydroxylation is 1. The van der Waals surface area contributed by atoms with Crippen LogP contribution in [0.15, 0.2) is 30.3 Å². The van der Waals surface area contributed by atoms with Crippen molar-refractivity contribution in [2.45, 2.75) is 26.8 Å². The molecule has 2 heterocycles. The fourth-order valence-corrected chi connectivity index (χ4v) is 4.34. The SMILES string of the molecule is COC(=O)Cc1c(C)c2c3c(cc(C=O)n3CCN2C)c1-c1ccc(C)cc1. The van der Waals surface area contributed by atoms with Gasteiger partial charge in [-0.05, 0) is 42.2 Å². The molecule has 2 aromatic carbocycles. The van der Waals surface area contributed by atoms with E-state index in [1.807, 2.05) is 6.07 Å². The molecule has 0 saturated heterocycles. The molecule has 0 amide bonds. The van der Waals surface area contributed by atoms with Crippen LogP contribution >= 0.6 is 0 Å². The number of likely N-dealkylation sites (N-methyl/N-ethyl adjacent to an activating group) is 1. The van der Waals surface area contributed by atoms with E-state index in [1.165, 1.54) is 12.7 Å². The second-order valence-corrected chi connectivity index (χ2v) is 7.47. The Labute approximate surface area is 164 Å². The van der Waals surface area contributed by atoms with Gasteiger partial charge in [-0.2, -0.15) is 0 Å². The molecular weight excluding hydrogens is 352 g/mol. The number of anilines is 1. The van der Waals surface area contributed by atoms with Gasteiger partial charge in [0, 0.05) is 25.5 Å². The third kappa shape index (κ3) is 2.70. The largest absolute Gasteiger partial charge is 0.469 e. The summed E-state index contributed by atoms with van der Waals surface area (Å²) in [6, 6.07) is 10.3. The first kappa shape index (κ1) is 18.3. The topological polar surface area (TPSA) is 51.5 Å². The first-order chi connectivity index (χ1) is 13.5. The maximum atomic E-state index is 12.2. The van der Waals surface area contributed by atoms with Crippen LogP contribution in [-0.4, -0.2) is 37.5 Å². The minimum Gasteiger partial charge on any atom is -0.469 e. The molecule has 0 fully saturated rings. The van der Waals surface area contributed by atoms with Gasteiger partial charge in [0.1, 0.15) is 0 Å². The molecule has 1 aliphatic rings. The first-order valence-electron chi connectivity index (χ1n) is 9.45. The van der Waals surface area contributed by atoms with Gasteiger partial charge in [0.05, 0.1) is 30.4 Å². The fraction of sp³-hybridized carbons (Fsp3) is 0.304. The van der Waals surface area contributed by atoms with E-state index in [9.17, 15) is 9.59 Å². The number of esters is 1. The summed E-state index contributed by atoms with van der Waals surface area (Å²) in [5.41, 5.74) is 8.08. The Kier molecular flexibility index (Phi) is 4.46. The molecule has 0 spiro atoms. The third-order valence-electron chi connectivity index (χ3n) is 5.78. The van der Waals surface area contributed by atoms with Crippen molar-refractivity contribution in [3.05, 3.63) is 52.7 Å². The van der Waals surface area contributed by atoms with Crippen molar-refractivity contribution in [3.63, 3.8) is 0 Å². The van der Waals surface area contributed by atoms with Crippen LogP contribution in [0.2, 0.25) is 0 Å². The minimum absolute atomic E-state index is 0.198. The zero-order valence-corrected chi connectivity index (χ0v) is 16.7. The number of nitrogens with zero attached hydrogens (tertiary/aromatic N) is 2. The summed E-state index contributed by atoms with van der Waals surface area (Å²) < 4.78 is 7.08. The molecule has 5 heteroatoms. The van der Waals surface area contributed by atoms with Crippen molar-refractivity contribution >= 4 is 28.8 Å². The Morgan fingerprint density at radius 1 is 1.18 bits per heavy atom. The van der Waals surface area contributed by atoms with Crippen molar-refractivity contribution in [3.8, 4) is 11.1 Å². The number of carbonyl (C=O) groups is 2. The van der Waals surface area contributed by atoms with Crippen molar-refractivity contribution in [2.75, 3.05) is 25.6 Å². The summed E-state index contributed by atoms with van der Waals surface area (Å²) in [5, 5.41) is 1.01. The number of hydrogen-bond donors (Lipinski definition) is 0. The Balaban J connectivity index is 2.14. The van der Waals surface area contributed by atoms with Gasteiger partial charge in [0.2, 0.25) is 0 Å². The zero-order chi connectivity index (χ0) is 20.0. The maximum Gasteiger partial charge on any atom is 0.310 e. The van der Waals surface area contributed by atoms with E-state index < -0.39 is 0 Å². The lowest BCUT2D eigenvalue weighted by atomic mass is 9.88. The summed E-state index contributed by atoms with van der Waals surface area (Å²) in [6.45, 7) is 5.70. The number of benzene rings is 2. The van der Waals surface area contributed by atoms with E-state index in [-0.39, 0.29) is 12.4 Å². The average molecular weight is 376 g/mol. The average Bonchev–Trinajstić information content (AvgIpc) is 3.06. The molecule has 0 radical (unpaired) electrons. The molecule has 0 aliphatic carbocycles. The summed E-state index contributed by atoms with van der Waals surface area (Å²) in [6.07, 6.45) is 1.12. The summed E-state index contributed by atoms with van der Waals surface area (Å²) in [7, 11) is 3.48. The molecule has 1 aromatic heterocycles. The van der Waals surface area contributed by atoms with Crippen LogP contribution in [0.3, 0.4) is 0 Å². The molecule has 144 valence electrons. The Hall–Kier alpha value is -3.08. The van der Waals surface area contributed by atoms with E-state index in [0.29, 0.717) is 5.69 Å². The van der Waals surface area contributed by atoms with Gasteiger partial charge in [-0.25, -0.2) is 0 Å². The van der Waals surface area contributed by atoms with Gasteiger partial charge >= 0.3 is 5.97 Å². The zero-order valence-electron chi connectivity index (χ0n) is 16.7. The van der Waals surface area contributed by atoms with Crippen molar-refractivity contribution in [1.82, 2.24) is 4.57 Å². The molecule has 0 N–H and O–H groups in total. The highest BCUT2D eigenvalue weighted by molar-refractivity contribution is 6.09. The van der Waals surface area contributed by atoms with Crippen molar-refractivity contribution in [2.24, 2.45) is 0 Å². The molecule has 0 unspecified atom stereocenters. The third-order valence-corrected chi connectivity index (χ3v) is 5.78. The lowest BCUT2D eigenvalue weighted by Crippen LogP contribution is -2.29. The van der Waals surface area contributed by atoms with Crippen LogP contribution in [0.4, 0.5) is 5.69 Å². The quantitative estimate of drug-likeness (QED) is 0.512. The lowest BCUT2D eigenvalue weighted by Gasteiger charge is -2.31. The van der Waals surface area contributed by atoms with Gasteiger partial charge < -0.3 is 14.2 Å². The molecule has 1 aliphatic heterocycles. The number of methoxy groups -OCH3 is 1. The molecule has 3 aromatic rings. The molecular formula is C23H24N2O3. The van der Waals surface area contributed by atoms with Crippen LogP contribution < -0.4 is 4.90 Å². The van der Waals surface area contributed by atoms with Crippen molar-refractivity contribution in [1.29, 1.82) is 0 Å². The van der Waals surface area contributed by atoms with Gasteiger partial charge in [-0.1, -0.05) is 29.8 Å². The van der Waals surface area contributed by atoms with Gasteiger partial charge in [0.15, 0.2) is 6.29 Å². The number of ether oxygens (including phenoxy) is 1. The van der Waals surface area contributed by atoms with E-state index in [2.05, 4.69) is 54.6 Å². The van der Waals surface area contributed by atoms with Crippen LogP contribution in [0.1, 0.15) is 27.2 Å². The second-order valence-electron chi connectivity index (χ2n) is 7.47. The Morgan fingerprint density at radius 3 is 2.54 bits per heavy atom. The molecule has 5 nitrogen and oxygen atoms in total. The standard InChI is InChI=1S/C23H24N2O3/c1-14-5-7-16(8-6-14)21-18(12-20(27)28-4)15(2)22-23-19(21)11-17(13-26)25(23)10-9-24(22)3/h5-8,11,13H,9-10,12H2,1-4H3. The number of hydrogen-bond acceptors (Lipinski definition) is 4. The molecule has 0 bridgehead atoms. The predicted molar refractivity (Wildman–Crippen MR) is 111 cm³/mol. The maximum absolute atomic E-state index is 12.2. The Bertz CT molecular complexity index is 1090. The number of rotatable bonds is 4. The predicted octanol–water partition coefficient (Wildman–Crippen LogP) is 3.90.